The normalized spacial score (nSPS) is 15.0. The van der Waals surface area contributed by atoms with Gasteiger partial charge in [-0.15, -0.1) is 0 Å². The first-order valence-corrected chi connectivity index (χ1v) is 10.2. The number of hydrogen-bond acceptors (Lipinski definition) is 7. The smallest absolute Gasteiger partial charge is 0.250 e. The monoisotopic (exact) mass is 430 g/mol. The van der Waals surface area contributed by atoms with Crippen LogP contribution in [0.4, 0.5) is 4.39 Å². The third kappa shape index (κ3) is 4.60. The van der Waals surface area contributed by atoms with Crippen LogP contribution in [0.5, 0.6) is 5.88 Å². The number of rotatable bonds is 7. The van der Waals surface area contributed by atoms with Crippen LogP contribution in [-0.2, 0) is 24.1 Å². The molecule has 31 heavy (non-hydrogen) atoms. The van der Waals surface area contributed by atoms with E-state index in [1.165, 1.54) is 13.2 Å². The molecule has 3 aromatic heterocycles. The molecule has 0 saturated carbocycles. The minimum atomic E-state index is -0.543. The van der Waals surface area contributed by atoms with Crippen molar-refractivity contribution in [3.63, 3.8) is 0 Å². The number of nitrogens with zero attached hydrogens (tertiary/aromatic N) is 6. The highest BCUT2D eigenvalue weighted by Crippen LogP contribution is 2.30. The lowest BCUT2D eigenvalue weighted by molar-refractivity contribution is 0.116. The first-order valence-electron chi connectivity index (χ1n) is 10.2. The van der Waals surface area contributed by atoms with E-state index >= 15 is 0 Å². The van der Waals surface area contributed by atoms with Gasteiger partial charge in [-0.1, -0.05) is 0 Å². The molecule has 0 radical (unpaired) electrons. The van der Waals surface area contributed by atoms with E-state index in [1.807, 2.05) is 25.2 Å². The summed E-state index contributed by atoms with van der Waals surface area (Å²) < 4.78 is 28.3. The van der Waals surface area contributed by atoms with Gasteiger partial charge in [0.25, 0.3) is 0 Å². The lowest BCUT2D eigenvalue weighted by Crippen LogP contribution is -2.29. The van der Waals surface area contributed by atoms with Crippen molar-refractivity contribution in [1.82, 2.24) is 29.4 Å². The van der Waals surface area contributed by atoms with Gasteiger partial charge in [-0.3, -0.25) is 4.68 Å². The molecule has 0 aromatic carbocycles. The molecule has 166 valence electrons. The van der Waals surface area contributed by atoms with Gasteiger partial charge in [-0.05, 0) is 20.5 Å². The second-order valence-electron chi connectivity index (χ2n) is 7.85. The van der Waals surface area contributed by atoms with E-state index in [1.54, 1.807) is 21.8 Å². The Labute approximate surface area is 180 Å². The standard InChI is InChI=1S/C21H27FN6O3/c1-26(2)12-16(29)13-27-11-14(9-24-27)20-17-4-6-31-7-5-19(17)28(25-20)15-8-18(22)21(30-3)23-10-15/h8-11,16,29H,4-7,12-13H2,1-3H3. The molecule has 0 amide bonds. The topological polar surface area (TPSA) is 90.5 Å². The fourth-order valence-electron chi connectivity index (χ4n) is 3.86. The Kier molecular flexibility index (Phi) is 6.30. The molecule has 4 rings (SSSR count). The summed E-state index contributed by atoms with van der Waals surface area (Å²) in [4.78, 5) is 5.98. The van der Waals surface area contributed by atoms with Gasteiger partial charge in [-0.2, -0.15) is 10.2 Å². The third-order valence-electron chi connectivity index (χ3n) is 5.18. The molecule has 3 aromatic rings. The zero-order valence-electron chi connectivity index (χ0n) is 18.0. The number of aliphatic hydroxyl groups excluding tert-OH is 1. The molecule has 0 aliphatic carbocycles. The minimum Gasteiger partial charge on any atom is -0.479 e. The van der Waals surface area contributed by atoms with Gasteiger partial charge in [0.15, 0.2) is 5.82 Å². The van der Waals surface area contributed by atoms with Gasteiger partial charge in [0.2, 0.25) is 5.88 Å². The molecule has 9 nitrogen and oxygen atoms in total. The van der Waals surface area contributed by atoms with E-state index in [4.69, 9.17) is 14.6 Å². The van der Waals surface area contributed by atoms with Gasteiger partial charge in [0.05, 0.1) is 62.4 Å². The van der Waals surface area contributed by atoms with Crippen LogP contribution in [0.1, 0.15) is 11.3 Å². The number of ether oxygens (including phenoxy) is 2. The van der Waals surface area contributed by atoms with Crippen LogP contribution >= 0.6 is 0 Å². The molecule has 1 N–H and O–H groups in total. The molecule has 1 unspecified atom stereocenters. The Morgan fingerprint density at radius 1 is 1.29 bits per heavy atom. The summed E-state index contributed by atoms with van der Waals surface area (Å²) in [6, 6.07) is 1.37. The Hall–Kier alpha value is -2.82. The lowest BCUT2D eigenvalue weighted by Gasteiger charge is -2.15. The fraction of sp³-hybridized carbons (Fsp3) is 0.476. The van der Waals surface area contributed by atoms with Crippen LogP contribution in [0.2, 0.25) is 0 Å². The molecular weight excluding hydrogens is 403 g/mol. The first kappa shape index (κ1) is 21.4. The number of halogens is 1. The summed E-state index contributed by atoms with van der Waals surface area (Å²) in [6.07, 6.45) is 6.00. The van der Waals surface area contributed by atoms with Crippen molar-refractivity contribution in [2.24, 2.45) is 0 Å². The van der Waals surface area contributed by atoms with Gasteiger partial charge < -0.3 is 19.5 Å². The second kappa shape index (κ2) is 9.13. The average Bonchev–Trinajstić information content (AvgIpc) is 3.24. The van der Waals surface area contributed by atoms with Crippen molar-refractivity contribution in [1.29, 1.82) is 0 Å². The maximum Gasteiger partial charge on any atom is 0.250 e. The molecule has 1 aliphatic heterocycles. The zero-order chi connectivity index (χ0) is 22.0. The molecule has 0 fully saturated rings. The van der Waals surface area contributed by atoms with Crippen molar-refractivity contribution in [3.05, 3.63) is 41.7 Å². The molecule has 4 heterocycles. The van der Waals surface area contributed by atoms with E-state index in [2.05, 4.69) is 10.1 Å². The van der Waals surface area contributed by atoms with Crippen LogP contribution in [0, 0.1) is 5.82 Å². The van der Waals surface area contributed by atoms with Gasteiger partial charge in [0.1, 0.15) is 0 Å². The first-order chi connectivity index (χ1) is 15.0. The highest BCUT2D eigenvalue weighted by molar-refractivity contribution is 5.64. The van der Waals surface area contributed by atoms with Crippen molar-refractivity contribution >= 4 is 0 Å². The predicted octanol–water partition coefficient (Wildman–Crippen LogP) is 1.32. The highest BCUT2D eigenvalue weighted by Gasteiger charge is 2.23. The summed E-state index contributed by atoms with van der Waals surface area (Å²) in [5, 5.41) is 19.4. The maximum absolute atomic E-state index is 14.3. The quantitative estimate of drug-likeness (QED) is 0.605. The molecule has 10 heteroatoms. The van der Waals surface area contributed by atoms with Gasteiger partial charge in [0, 0.05) is 36.4 Å². The van der Waals surface area contributed by atoms with E-state index in [0.717, 1.165) is 22.5 Å². The number of aliphatic hydroxyl groups is 1. The average molecular weight is 430 g/mol. The Morgan fingerprint density at radius 2 is 2.10 bits per heavy atom. The summed E-state index contributed by atoms with van der Waals surface area (Å²) in [7, 11) is 5.21. The maximum atomic E-state index is 14.3. The zero-order valence-corrected chi connectivity index (χ0v) is 18.0. The van der Waals surface area contributed by atoms with Crippen LogP contribution in [0.25, 0.3) is 16.9 Å². The van der Waals surface area contributed by atoms with Crippen molar-refractivity contribution in [3.8, 4) is 22.8 Å². The van der Waals surface area contributed by atoms with E-state index in [0.29, 0.717) is 44.8 Å². The lowest BCUT2D eigenvalue weighted by atomic mass is 10.1. The number of methoxy groups -OCH3 is 1. The van der Waals surface area contributed by atoms with E-state index in [9.17, 15) is 9.50 Å². The summed E-state index contributed by atoms with van der Waals surface area (Å²) in [5.74, 6) is -0.596. The molecule has 1 atom stereocenters. The van der Waals surface area contributed by atoms with E-state index < -0.39 is 11.9 Å². The molecule has 1 aliphatic rings. The highest BCUT2D eigenvalue weighted by atomic mass is 19.1. The van der Waals surface area contributed by atoms with Crippen LogP contribution in [0.3, 0.4) is 0 Å². The minimum absolute atomic E-state index is 0.0527. The molecule has 0 saturated heterocycles. The molecular formula is C21H27FN6O3. The Morgan fingerprint density at radius 3 is 2.84 bits per heavy atom. The Bertz CT molecular complexity index is 1050. The fourth-order valence-corrected chi connectivity index (χ4v) is 3.86. The predicted molar refractivity (Wildman–Crippen MR) is 112 cm³/mol. The van der Waals surface area contributed by atoms with Crippen LogP contribution in [0.15, 0.2) is 24.7 Å². The van der Waals surface area contributed by atoms with Gasteiger partial charge in [-0.25, -0.2) is 14.1 Å². The number of fused-ring (bicyclic) bond motifs is 1. The molecule has 0 bridgehead atoms. The summed E-state index contributed by atoms with van der Waals surface area (Å²) in [5.41, 5.74) is 4.18. The number of pyridine rings is 1. The van der Waals surface area contributed by atoms with Crippen LogP contribution < -0.4 is 4.74 Å². The SMILES string of the molecule is COc1ncc(-n2nc(-c3cnn(CC(O)CN(C)C)c3)c3c2CCOCC3)cc1F. The summed E-state index contributed by atoms with van der Waals surface area (Å²) >= 11 is 0. The number of hydrogen-bond donors (Lipinski definition) is 1. The summed E-state index contributed by atoms with van der Waals surface area (Å²) in [6.45, 7) is 2.10. The number of likely N-dealkylation sites (N-methyl/N-ethyl adjacent to an activating group) is 1. The largest absolute Gasteiger partial charge is 0.479 e. The number of aromatic nitrogens is 5. The van der Waals surface area contributed by atoms with Crippen LogP contribution in [-0.4, -0.2) is 81.6 Å². The van der Waals surface area contributed by atoms with Crippen molar-refractivity contribution < 1.29 is 19.0 Å². The Balaban J connectivity index is 1.70. The third-order valence-corrected chi connectivity index (χ3v) is 5.18. The van der Waals surface area contributed by atoms with E-state index in [-0.39, 0.29) is 5.88 Å². The van der Waals surface area contributed by atoms with Crippen molar-refractivity contribution in [2.75, 3.05) is 41.0 Å². The van der Waals surface area contributed by atoms with Gasteiger partial charge >= 0.3 is 0 Å². The second-order valence-corrected chi connectivity index (χ2v) is 7.85. The van der Waals surface area contributed by atoms with Crippen molar-refractivity contribution in [2.45, 2.75) is 25.5 Å². The molecule has 0 spiro atoms.